The van der Waals surface area contributed by atoms with Crippen molar-refractivity contribution in [3.8, 4) is 0 Å². The highest BCUT2D eigenvalue weighted by Gasteiger charge is 2.08. The summed E-state index contributed by atoms with van der Waals surface area (Å²) >= 11 is 1.72. The highest BCUT2D eigenvalue weighted by Crippen LogP contribution is 2.19. The van der Waals surface area contributed by atoms with Crippen LogP contribution < -0.4 is 5.32 Å². The van der Waals surface area contributed by atoms with Crippen LogP contribution in [-0.2, 0) is 17.6 Å². The summed E-state index contributed by atoms with van der Waals surface area (Å²) in [7, 11) is 0. The molecule has 0 aliphatic rings. The second kappa shape index (κ2) is 6.96. The molecule has 5 heteroatoms. The van der Waals surface area contributed by atoms with E-state index in [0.717, 1.165) is 23.0 Å². The van der Waals surface area contributed by atoms with Crippen LogP contribution in [0.2, 0.25) is 0 Å². The SMILES string of the molecule is CC(C)n1cnc2cc(CC(=O)NCCc3cccs3)ccc21. The number of nitrogens with one attached hydrogen (secondary N) is 1. The monoisotopic (exact) mass is 327 g/mol. The number of rotatable bonds is 6. The minimum absolute atomic E-state index is 0.0594. The molecule has 3 rings (SSSR count). The molecule has 0 spiro atoms. The van der Waals surface area contributed by atoms with Gasteiger partial charge in [-0.1, -0.05) is 12.1 Å². The van der Waals surface area contributed by atoms with E-state index in [4.69, 9.17) is 0 Å². The maximum absolute atomic E-state index is 12.1. The van der Waals surface area contributed by atoms with Gasteiger partial charge in [0.2, 0.25) is 5.91 Å². The van der Waals surface area contributed by atoms with Gasteiger partial charge < -0.3 is 9.88 Å². The van der Waals surface area contributed by atoms with Gasteiger partial charge in [-0.05, 0) is 49.4 Å². The van der Waals surface area contributed by atoms with Crippen LogP contribution in [0.3, 0.4) is 0 Å². The number of nitrogens with zero attached hydrogens (tertiary/aromatic N) is 2. The second-order valence-corrected chi connectivity index (χ2v) is 6.96. The Labute approximate surface area is 140 Å². The molecule has 3 aromatic rings. The van der Waals surface area contributed by atoms with E-state index in [1.807, 2.05) is 24.5 Å². The number of imidazole rings is 1. The van der Waals surface area contributed by atoms with Crippen molar-refractivity contribution in [2.24, 2.45) is 0 Å². The van der Waals surface area contributed by atoms with E-state index in [1.165, 1.54) is 4.88 Å². The van der Waals surface area contributed by atoms with Crippen LogP contribution in [0.1, 0.15) is 30.3 Å². The third kappa shape index (κ3) is 3.79. The number of hydrogen-bond donors (Lipinski definition) is 1. The highest BCUT2D eigenvalue weighted by atomic mass is 32.1. The topological polar surface area (TPSA) is 46.9 Å². The minimum Gasteiger partial charge on any atom is -0.355 e. The second-order valence-electron chi connectivity index (χ2n) is 5.92. The van der Waals surface area contributed by atoms with Gasteiger partial charge in [0.1, 0.15) is 0 Å². The zero-order chi connectivity index (χ0) is 16.2. The Bertz CT molecular complexity index is 790. The summed E-state index contributed by atoms with van der Waals surface area (Å²) in [6, 6.07) is 10.6. The zero-order valence-electron chi connectivity index (χ0n) is 13.5. The standard InChI is InChI=1S/C18H21N3OS/c1-13(2)21-12-20-16-10-14(5-6-17(16)21)11-18(22)19-8-7-15-4-3-9-23-15/h3-6,9-10,12-13H,7-8,11H2,1-2H3,(H,19,22). The van der Waals surface area contributed by atoms with E-state index in [-0.39, 0.29) is 5.91 Å². The summed E-state index contributed by atoms with van der Waals surface area (Å²) in [5.41, 5.74) is 3.06. The number of amides is 1. The molecule has 0 aliphatic heterocycles. The molecule has 0 radical (unpaired) electrons. The molecule has 0 unspecified atom stereocenters. The quantitative estimate of drug-likeness (QED) is 0.752. The zero-order valence-corrected chi connectivity index (χ0v) is 14.3. The Hall–Kier alpha value is -2.14. The van der Waals surface area contributed by atoms with Gasteiger partial charge in [0, 0.05) is 17.5 Å². The first-order chi connectivity index (χ1) is 11.1. The first-order valence-electron chi connectivity index (χ1n) is 7.88. The number of carbonyl (C=O) groups is 1. The molecular weight excluding hydrogens is 306 g/mol. The summed E-state index contributed by atoms with van der Waals surface area (Å²) in [4.78, 5) is 17.8. The van der Waals surface area contributed by atoms with E-state index >= 15 is 0 Å². The summed E-state index contributed by atoms with van der Waals surface area (Å²) in [5, 5.41) is 5.04. The molecule has 0 atom stereocenters. The van der Waals surface area contributed by atoms with Crippen LogP contribution in [0, 0.1) is 0 Å². The molecule has 1 N–H and O–H groups in total. The van der Waals surface area contributed by atoms with Crippen LogP contribution in [0.4, 0.5) is 0 Å². The lowest BCUT2D eigenvalue weighted by Crippen LogP contribution is -2.27. The number of aromatic nitrogens is 2. The maximum Gasteiger partial charge on any atom is 0.224 e. The van der Waals surface area contributed by atoms with Crippen molar-refractivity contribution in [1.29, 1.82) is 0 Å². The van der Waals surface area contributed by atoms with Crippen LogP contribution >= 0.6 is 11.3 Å². The Morgan fingerprint density at radius 3 is 2.96 bits per heavy atom. The van der Waals surface area contributed by atoms with E-state index in [2.05, 4.69) is 46.2 Å². The van der Waals surface area contributed by atoms with Crippen molar-refractivity contribution in [3.05, 3.63) is 52.5 Å². The Morgan fingerprint density at radius 2 is 2.22 bits per heavy atom. The fraction of sp³-hybridized carbons (Fsp3) is 0.333. The van der Waals surface area contributed by atoms with Gasteiger partial charge in [0.15, 0.2) is 0 Å². The fourth-order valence-corrected chi connectivity index (χ4v) is 3.34. The summed E-state index contributed by atoms with van der Waals surface area (Å²) < 4.78 is 2.14. The lowest BCUT2D eigenvalue weighted by molar-refractivity contribution is -0.120. The summed E-state index contributed by atoms with van der Waals surface area (Å²) in [5.74, 6) is 0.0594. The van der Waals surface area contributed by atoms with Crippen LogP contribution in [0.15, 0.2) is 42.0 Å². The molecule has 0 saturated carbocycles. The number of benzene rings is 1. The molecule has 120 valence electrons. The molecule has 1 amide bonds. The highest BCUT2D eigenvalue weighted by molar-refractivity contribution is 7.09. The third-order valence-electron chi connectivity index (χ3n) is 3.83. The van der Waals surface area contributed by atoms with E-state index in [0.29, 0.717) is 19.0 Å². The molecule has 23 heavy (non-hydrogen) atoms. The van der Waals surface area contributed by atoms with Crippen LogP contribution in [0.25, 0.3) is 11.0 Å². The molecule has 2 aromatic heterocycles. The van der Waals surface area contributed by atoms with Gasteiger partial charge in [-0.3, -0.25) is 4.79 Å². The van der Waals surface area contributed by atoms with Gasteiger partial charge in [-0.15, -0.1) is 11.3 Å². The van der Waals surface area contributed by atoms with Crippen molar-refractivity contribution in [3.63, 3.8) is 0 Å². The van der Waals surface area contributed by atoms with E-state index in [9.17, 15) is 4.79 Å². The van der Waals surface area contributed by atoms with Gasteiger partial charge in [-0.2, -0.15) is 0 Å². The molecular formula is C18H21N3OS. The Morgan fingerprint density at radius 1 is 1.35 bits per heavy atom. The number of hydrogen-bond acceptors (Lipinski definition) is 3. The molecule has 2 heterocycles. The van der Waals surface area contributed by atoms with Crippen LogP contribution in [0.5, 0.6) is 0 Å². The van der Waals surface area contributed by atoms with Crippen molar-refractivity contribution in [2.45, 2.75) is 32.7 Å². The predicted octanol–water partition coefficient (Wildman–Crippen LogP) is 3.58. The predicted molar refractivity (Wildman–Crippen MR) is 94.9 cm³/mol. The normalized spacial score (nSPS) is 11.3. The lowest BCUT2D eigenvalue weighted by Gasteiger charge is -2.08. The van der Waals surface area contributed by atoms with E-state index < -0.39 is 0 Å². The number of fused-ring (bicyclic) bond motifs is 1. The van der Waals surface area contributed by atoms with Crippen molar-refractivity contribution in [1.82, 2.24) is 14.9 Å². The molecule has 0 bridgehead atoms. The van der Waals surface area contributed by atoms with Gasteiger partial charge in [-0.25, -0.2) is 4.98 Å². The smallest absolute Gasteiger partial charge is 0.224 e. The number of carbonyl (C=O) groups excluding carboxylic acids is 1. The lowest BCUT2D eigenvalue weighted by atomic mass is 10.1. The van der Waals surface area contributed by atoms with Gasteiger partial charge >= 0.3 is 0 Å². The molecule has 4 nitrogen and oxygen atoms in total. The first kappa shape index (κ1) is 15.7. The average molecular weight is 327 g/mol. The molecule has 0 aliphatic carbocycles. The summed E-state index contributed by atoms with van der Waals surface area (Å²) in [6.45, 7) is 4.95. The van der Waals surface area contributed by atoms with Gasteiger partial charge in [0.05, 0.1) is 23.8 Å². The van der Waals surface area contributed by atoms with Crippen molar-refractivity contribution in [2.75, 3.05) is 6.54 Å². The molecule has 0 saturated heterocycles. The first-order valence-corrected chi connectivity index (χ1v) is 8.76. The minimum atomic E-state index is 0.0594. The van der Waals surface area contributed by atoms with Crippen molar-refractivity contribution < 1.29 is 4.79 Å². The summed E-state index contributed by atoms with van der Waals surface area (Å²) in [6.07, 6.45) is 3.15. The average Bonchev–Trinajstić information content (AvgIpc) is 3.15. The third-order valence-corrected chi connectivity index (χ3v) is 4.77. The van der Waals surface area contributed by atoms with Gasteiger partial charge in [0.25, 0.3) is 0 Å². The largest absolute Gasteiger partial charge is 0.355 e. The van der Waals surface area contributed by atoms with Crippen molar-refractivity contribution >= 4 is 28.3 Å². The van der Waals surface area contributed by atoms with E-state index in [1.54, 1.807) is 11.3 Å². The Balaban J connectivity index is 1.59. The fourth-order valence-electron chi connectivity index (χ4n) is 2.63. The van der Waals surface area contributed by atoms with Crippen LogP contribution in [-0.4, -0.2) is 22.0 Å². The maximum atomic E-state index is 12.1. The number of thiophene rings is 1. The Kier molecular flexibility index (Phi) is 4.76. The molecule has 0 fully saturated rings. The molecule has 1 aromatic carbocycles.